The van der Waals surface area contributed by atoms with E-state index in [1.54, 1.807) is 48.5 Å². The van der Waals surface area contributed by atoms with Gasteiger partial charge in [0.2, 0.25) is 15.9 Å². The van der Waals surface area contributed by atoms with Crippen molar-refractivity contribution in [2.75, 3.05) is 26.3 Å². The number of carbonyl (C=O) groups excluding carboxylic acids is 1. The lowest BCUT2D eigenvalue weighted by atomic mass is 10.2. The molecule has 1 heterocycles. The summed E-state index contributed by atoms with van der Waals surface area (Å²) >= 11 is 0. The van der Waals surface area contributed by atoms with Crippen LogP contribution in [0.5, 0.6) is 0 Å². The molecule has 2 aromatic carbocycles. The van der Waals surface area contributed by atoms with E-state index in [4.69, 9.17) is 9.15 Å². The van der Waals surface area contributed by atoms with Gasteiger partial charge in [-0.05, 0) is 69.2 Å². The zero-order chi connectivity index (χ0) is 26.1. The predicted molar refractivity (Wildman–Crippen MR) is 135 cm³/mol. The first-order valence-corrected chi connectivity index (χ1v) is 13.3. The highest BCUT2D eigenvalue weighted by Crippen LogP contribution is 2.19. The molecule has 194 valence electrons. The van der Waals surface area contributed by atoms with Crippen molar-refractivity contribution in [3.8, 4) is 0 Å². The van der Waals surface area contributed by atoms with Gasteiger partial charge in [0.1, 0.15) is 17.3 Å². The number of carbonyl (C=O) groups is 1. The third kappa shape index (κ3) is 7.74. The predicted octanol–water partition coefficient (Wildman–Crippen LogP) is 4.68. The maximum Gasteiger partial charge on any atom is 0.243 e. The minimum atomic E-state index is -3.92. The maximum atomic E-state index is 13.5. The maximum absolute atomic E-state index is 13.5. The number of hydrogen-bond acceptors (Lipinski definition) is 5. The fraction of sp³-hybridized carbons (Fsp3) is 0.370. The van der Waals surface area contributed by atoms with Gasteiger partial charge in [0.25, 0.3) is 0 Å². The van der Waals surface area contributed by atoms with E-state index < -0.39 is 10.0 Å². The lowest BCUT2D eigenvalue weighted by molar-refractivity contribution is -0.133. The van der Waals surface area contributed by atoms with Crippen LogP contribution in [0.4, 0.5) is 4.39 Å². The molecule has 1 amide bonds. The average molecular weight is 517 g/mol. The number of aryl methyl sites for hydroxylation is 2. The van der Waals surface area contributed by atoms with E-state index in [0.29, 0.717) is 31.2 Å². The van der Waals surface area contributed by atoms with Gasteiger partial charge in [-0.1, -0.05) is 29.8 Å². The summed E-state index contributed by atoms with van der Waals surface area (Å²) in [6.45, 7) is 6.58. The number of amides is 1. The Kier molecular flexibility index (Phi) is 9.81. The highest BCUT2D eigenvalue weighted by atomic mass is 32.2. The van der Waals surface area contributed by atoms with Crippen molar-refractivity contribution in [3.05, 3.63) is 89.1 Å². The van der Waals surface area contributed by atoms with E-state index in [0.717, 1.165) is 11.1 Å². The summed E-state index contributed by atoms with van der Waals surface area (Å²) in [5.41, 5.74) is 1.66. The number of benzene rings is 2. The molecule has 3 aromatic rings. The van der Waals surface area contributed by atoms with Crippen LogP contribution in [0.3, 0.4) is 0 Å². The van der Waals surface area contributed by atoms with Crippen LogP contribution in [0.1, 0.15) is 36.0 Å². The summed E-state index contributed by atoms with van der Waals surface area (Å²) in [6.07, 6.45) is 0.446. The highest BCUT2D eigenvalue weighted by molar-refractivity contribution is 7.89. The topological polar surface area (TPSA) is 80.1 Å². The largest absolute Gasteiger partial charge is 0.464 e. The smallest absolute Gasteiger partial charge is 0.243 e. The van der Waals surface area contributed by atoms with Crippen molar-refractivity contribution < 1.29 is 26.8 Å². The second kappa shape index (κ2) is 12.8. The molecule has 9 heteroatoms. The molecule has 36 heavy (non-hydrogen) atoms. The van der Waals surface area contributed by atoms with Gasteiger partial charge in [-0.2, -0.15) is 4.31 Å². The zero-order valence-corrected chi connectivity index (χ0v) is 21.8. The Bertz CT molecular complexity index is 1220. The number of rotatable bonds is 13. The van der Waals surface area contributed by atoms with Gasteiger partial charge >= 0.3 is 0 Å². The van der Waals surface area contributed by atoms with Gasteiger partial charge in [-0.15, -0.1) is 0 Å². The molecule has 3 rings (SSSR count). The average Bonchev–Trinajstić information content (AvgIpc) is 3.26. The summed E-state index contributed by atoms with van der Waals surface area (Å²) in [5, 5.41) is 0. The Labute approximate surface area is 212 Å². The molecular weight excluding hydrogens is 483 g/mol. The summed E-state index contributed by atoms with van der Waals surface area (Å²) < 4.78 is 52.6. The molecule has 1 aromatic heterocycles. The van der Waals surface area contributed by atoms with Crippen LogP contribution >= 0.6 is 0 Å². The van der Waals surface area contributed by atoms with E-state index in [9.17, 15) is 17.6 Å². The van der Waals surface area contributed by atoms with E-state index >= 15 is 0 Å². The zero-order valence-electron chi connectivity index (χ0n) is 20.9. The summed E-state index contributed by atoms with van der Waals surface area (Å²) in [5.74, 6) is 0.523. The second-order valence-corrected chi connectivity index (χ2v) is 10.5. The highest BCUT2D eigenvalue weighted by Gasteiger charge is 2.29. The van der Waals surface area contributed by atoms with Crippen LogP contribution in [-0.4, -0.2) is 49.8 Å². The van der Waals surface area contributed by atoms with Gasteiger partial charge in [0, 0.05) is 26.3 Å². The monoisotopic (exact) mass is 516 g/mol. The van der Waals surface area contributed by atoms with E-state index in [2.05, 4.69) is 0 Å². The van der Waals surface area contributed by atoms with E-state index in [-0.39, 0.29) is 42.8 Å². The van der Waals surface area contributed by atoms with Crippen LogP contribution in [-0.2, 0) is 32.6 Å². The van der Waals surface area contributed by atoms with Gasteiger partial charge in [-0.3, -0.25) is 4.79 Å². The first-order valence-electron chi connectivity index (χ1n) is 11.9. The Morgan fingerprint density at radius 2 is 1.67 bits per heavy atom. The van der Waals surface area contributed by atoms with Crippen molar-refractivity contribution in [2.45, 2.75) is 45.2 Å². The lowest BCUT2D eigenvalue weighted by Crippen LogP contribution is -2.43. The molecule has 0 saturated heterocycles. The Morgan fingerprint density at radius 3 is 2.28 bits per heavy atom. The van der Waals surface area contributed by atoms with Gasteiger partial charge in [-0.25, -0.2) is 12.8 Å². The Morgan fingerprint density at radius 1 is 0.972 bits per heavy atom. The minimum absolute atomic E-state index is 0.129. The normalized spacial score (nSPS) is 11.7. The van der Waals surface area contributed by atoms with Crippen LogP contribution in [0, 0.1) is 19.7 Å². The summed E-state index contributed by atoms with van der Waals surface area (Å²) in [7, 11) is -3.92. The summed E-state index contributed by atoms with van der Waals surface area (Å²) in [4.78, 5) is 15.2. The van der Waals surface area contributed by atoms with Crippen molar-refractivity contribution in [2.24, 2.45) is 0 Å². The number of ether oxygens (including phenoxy) is 1. The van der Waals surface area contributed by atoms with Gasteiger partial charge < -0.3 is 14.1 Å². The fourth-order valence-corrected chi connectivity index (χ4v) is 5.11. The molecule has 0 N–H and O–H groups in total. The van der Waals surface area contributed by atoms with Crippen LogP contribution < -0.4 is 0 Å². The number of sulfonamides is 1. The van der Waals surface area contributed by atoms with Crippen LogP contribution in [0.15, 0.2) is 70.0 Å². The number of nitrogens with zero attached hydrogens (tertiary/aromatic N) is 2. The molecule has 0 aliphatic rings. The first-order chi connectivity index (χ1) is 17.2. The van der Waals surface area contributed by atoms with Crippen molar-refractivity contribution in [3.63, 3.8) is 0 Å². The molecule has 7 nitrogen and oxygen atoms in total. The van der Waals surface area contributed by atoms with E-state index in [1.165, 1.54) is 21.3 Å². The fourth-order valence-electron chi connectivity index (χ4n) is 3.68. The second-order valence-electron chi connectivity index (χ2n) is 8.59. The van der Waals surface area contributed by atoms with Crippen LogP contribution in [0.2, 0.25) is 0 Å². The molecule has 0 spiro atoms. The molecule has 0 aliphatic heterocycles. The standard InChI is InChI=1S/C27H33FN2O5S/c1-4-34-17-5-16-30(36(32,33)26-14-6-21(2)7-15-26)20-27(31)29(19-25-13-8-22(3)35-25)18-23-9-11-24(28)12-10-23/h6-15H,4-5,16-20H2,1-3H3. The van der Waals surface area contributed by atoms with Crippen molar-refractivity contribution in [1.29, 1.82) is 0 Å². The lowest BCUT2D eigenvalue weighted by Gasteiger charge is -2.27. The molecule has 0 unspecified atom stereocenters. The third-order valence-corrected chi connectivity index (χ3v) is 7.51. The quantitative estimate of drug-likeness (QED) is 0.308. The molecule has 0 saturated carbocycles. The third-order valence-electron chi connectivity index (χ3n) is 5.65. The number of furan rings is 1. The van der Waals surface area contributed by atoms with Crippen LogP contribution in [0.25, 0.3) is 0 Å². The molecule has 0 radical (unpaired) electrons. The van der Waals surface area contributed by atoms with Gasteiger partial charge in [0.05, 0.1) is 18.0 Å². The Balaban J connectivity index is 1.85. The van der Waals surface area contributed by atoms with Crippen molar-refractivity contribution in [1.82, 2.24) is 9.21 Å². The number of hydrogen-bond donors (Lipinski definition) is 0. The first kappa shape index (κ1) is 27.6. The molecule has 0 bridgehead atoms. The Hall–Kier alpha value is -3.01. The molecule has 0 atom stereocenters. The SMILES string of the molecule is CCOCCCN(CC(=O)N(Cc1ccc(F)cc1)Cc1ccc(C)o1)S(=O)(=O)c1ccc(C)cc1. The summed E-state index contributed by atoms with van der Waals surface area (Å²) in [6, 6.07) is 16.0. The minimum Gasteiger partial charge on any atom is -0.464 e. The van der Waals surface area contributed by atoms with Crippen molar-refractivity contribution >= 4 is 15.9 Å². The molecule has 0 aliphatic carbocycles. The molecule has 0 fully saturated rings. The number of halogens is 1. The molecular formula is C27H33FN2O5S. The van der Waals surface area contributed by atoms with E-state index in [1.807, 2.05) is 20.8 Å². The van der Waals surface area contributed by atoms with Gasteiger partial charge in [0.15, 0.2) is 0 Å².